The lowest BCUT2D eigenvalue weighted by atomic mass is 10.1. The number of benzene rings is 1. The molecule has 4 nitrogen and oxygen atoms in total. The lowest BCUT2D eigenvalue weighted by Crippen LogP contribution is -2.25. The van der Waals surface area contributed by atoms with Crippen LogP contribution in [-0.4, -0.2) is 36.1 Å². The zero-order chi connectivity index (χ0) is 15.9. The lowest BCUT2D eigenvalue weighted by molar-refractivity contribution is 0.330. The van der Waals surface area contributed by atoms with Crippen molar-refractivity contribution in [1.29, 1.82) is 5.26 Å². The maximum absolute atomic E-state index is 8.78. The Hall–Kier alpha value is -2.38. The number of nitriles is 1. The van der Waals surface area contributed by atoms with E-state index in [-0.39, 0.29) is 0 Å². The number of nitrogens with zero attached hydrogens (tertiary/aromatic N) is 3. The average molecular weight is 306 g/mol. The third-order valence-corrected chi connectivity index (χ3v) is 4.39. The first-order chi connectivity index (χ1) is 11.3. The fourth-order valence-corrected chi connectivity index (χ4v) is 3.03. The van der Waals surface area contributed by atoms with Gasteiger partial charge in [0.15, 0.2) is 0 Å². The molecular formula is C19H22N4. The summed E-state index contributed by atoms with van der Waals surface area (Å²) in [6, 6.07) is 16.4. The first-order valence-corrected chi connectivity index (χ1v) is 8.20. The van der Waals surface area contributed by atoms with Gasteiger partial charge in [-0.1, -0.05) is 30.3 Å². The maximum Gasteiger partial charge on any atom is 0.125 e. The summed E-state index contributed by atoms with van der Waals surface area (Å²) in [6.07, 6.45) is 3.97. The quantitative estimate of drug-likeness (QED) is 0.891. The summed E-state index contributed by atoms with van der Waals surface area (Å²) in [5, 5.41) is 12.2. The molecule has 3 rings (SSSR count). The fraction of sp³-hybridized carbons (Fsp3) is 0.368. The second-order valence-electron chi connectivity index (χ2n) is 6.12. The van der Waals surface area contributed by atoms with Crippen molar-refractivity contribution >= 4 is 5.82 Å². The third-order valence-electron chi connectivity index (χ3n) is 4.39. The Balaban J connectivity index is 1.40. The van der Waals surface area contributed by atoms with Gasteiger partial charge in [-0.25, -0.2) is 4.98 Å². The van der Waals surface area contributed by atoms with Gasteiger partial charge in [0.1, 0.15) is 11.9 Å². The highest BCUT2D eigenvalue weighted by atomic mass is 15.1. The minimum atomic E-state index is 0.600. The van der Waals surface area contributed by atoms with Crippen LogP contribution in [-0.2, 0) is 6.42 Å². The molecule has 1 aromatic carbocycles. The molecule has 0 spiro atoms. The zero-order valence-electron chi connectivity index (χ0n) is 13.3. The van der Waals surface area contributed by atoms with Gasteiger partial charge in [-0.15, -0.1) is 0 Å². The molecule has 0 aliphatic carbocycles. The molecule has 118 valence electrons. The smallest absolute Gasteiger partial charge is 0.125 e. The van der Waals surface area contributed by atoms with Crippen LogP contribution in [0.15, 0.2) is 48.7 Å². The van der Waals surface area contributed by atoms with Crippen molar-refractivity contribution in [1.82, 2.24) is 9.88 Å². The molecule has 2 heterocycles. The molecule has 4 heteroatoms. The van der Waals surface area contributed by atoms with Crippen LogP contribution in [0.4, 0.5) is 5.82 Å². The molecule has 1 fully saturated rings. The van der Waals surface area contributed by atoms with Crippen molar-refractivity contribution in [3.05, 3.63) is 59.8 Å². The van der Waals surface area contributed by atoms with E-state index in [1.54, 1.807) is 12.3 Å². The van der Waals surface area contributed by atoms with Gasteiger partial charge < -0.3 is 10.2 Å². The van der Waals surface area contributed by atoms with Crippen molar-refractivity contribution in [3.63, 3.8) is 0 Å². The van der Waals surface area contributed by atoms with Crippen molar-refractivity contribution < 1.29 is 0 Å². The van der Waals surface area contributed by atoms with E-state index in [9.17, 15) is 0 Å². The average Bonchev–Trinajstić information content (AvgIpc) is 3.07. The Morgan fingerprint density at radius 2 is 2.09 bits per heavy atom. The van der Waals surface area contributed by atoms with E-state index < -0.39 is 0 Å². The van der Waals surface area contributed by atoms with E-state index in [4.69, 9.17) is 5.26 Å². The van der Waals surface area contributed by atoms with Crippen LogP contribution in [0.3, 0.4) is 0 Å². The summed E-state index contributed by atoms with van der Waals surface area (Å²) in [6.45, 7) is 4.41. The fourth-order valence-electron chi connectivity index (χ4n) is 3.03. The van der Waals surface area contributed by atoms with Crippen LogP contribution in [0.5, 0.6) is 0 Å². The summed E-state index contributed by atoms with van der Waals surface area (Å²) in [7, 11) is 0. The van der Waals surface area contributed by atoms with Gasteiger partial charge in [-0.3, -0.25) is 0 Å². The third kappa shape index (κ3) is 4.54. The Kier molecular flexibility index (Phi) is 5.23. The van der Waals surface area contributed by atoms with Crippen LogP contribution in [0.1, 0.15) is 17.5 Å². The predicted octanol–water partition coefficient (Wildman–Crippen LogP) is 2.93. The predicted molar refractivity (Wildman–Crippen MR) is 92.1 cm³/mol. The van der Waals surface area contributed by atoms with Crippen LogP contribution in [0.25, 0.3) is 0 Å². The normalized spacial score (nSPS) is 17.8. The van der Waals surface area contributed by atoms with E-state index in [1.165, 1.54) is 18.5 Å². The van der Waals surface area contributed by atoms with E-state index >= 15 is 0 Å². The number of nitrogens with one attached hydrogen (secondary N) is 1. The molecule has 1 aliphatic rings. The van der Waals surface area contributed by atoms with Gasteiger partial charge >= 0.3 is 0 Å². The Morgan fingerprint density at radius 1 is 1.22 bits per heavy atom. The summed E-state index contributed by atoms with van der Waals surface area (Å²) in [4.78, 5) is 6.81. The first kappa shape index (κ1) is 15.5. The second-order valence-corrected chi connectivity index (χ2v) is 6.12. The summed E-state index contributed by atoms with van der Waals surface area (Å²) < 4.78 is 0. The Labute approximate surface area is 137 Å². The lowest BCUT2D eigenvalue weighted by Gasteiger charge is -2.16. The minimum absolute atomic E-state index is 0.600. The monoisotopic (exact) mass is 306 g/mol. The van der Waals surface area contributed by atoms with Crippen molar-refractivity contribution in [2.75, 3.05) is 31.5 Å². The van der Waals surface area contributed by atoms with Gasteiger partial charge in [0, 0.05) is 25.8 Å². The van der Waals surface area contributed by atoms with E-state index in [2.05, 4.69) is 51.6 Å². The topological polar surface area (TPSA) is 52.0 Å². The van der Waals surface area contributed by atoms with E-state index in [1.807, 2.05) is 6.07 Å². The molecule has 1 saturated heterocycles. The molecule has 0 bridgehead atoms. The molecule has 23 heavy (non-hydrogen) atoms. The molecule has 1 atom stereocenters. The molecule has 2 aromatic rings. The highest BCUT2D eigenvalue weighted by Crippen LogP contribution is 2.17. The van der Waals surface area contributed by atoms with Crippen molar-refractivity contribution in [2.24, 2.45) is 5.92 Å². The molecule has 1 aliphatic heterocycles. The van der Waals surface area contributed by atoms with Crippen LogP contribution < -0.4 is 5.32 Å². The highest BCUT2D eigenvalue weighted by Gasteiger charge is 2.21. The number of hydrogen-bond donors (Lipinski definition) is 1. The van der Waals surface area contributed by atoms with Crippen LogP contribution in [0, 0.1) is 17.2 Å². The van der Waals surface area contributed by atoms with Gasteiger partial charge in [0.05, 0.1) is 5.56 Å². The van der Waals surface area contributed by atoms with Crippen molar-refractivity contribution in [3.8, 4) is 6.07 Å². The van der Waals surface area contributed by atoms with E-state index in [0.29, 0.717) is 11.5 Å². The number of pyridine rings is 1. The van der Waals surface area contributed by atoms with Crippen LogP contribution >= 0.6 is 0 Å². The van der Waals surface area contributed by atoms with Gasteiger partial charge in [0.25, 0.3) is 0 Å². The molecule has 1 aromatic heterocycles. The molecule has 0 amide bonds. The summed E-state index contributed by atoms with van der Waals surface area (Å²) >= 11 is 0. The molecule has 1 N–H and O–H groups in total. The minimum Gasteiger partial charge on any atom is -0.370 e. The van der Waals surface area contributed by atoms with E-state index in [0.717, 1.165) is 31.9 Å². The summed E-state index contributed by atoms with van der Waals surface area (Å²) in [5.74, 6) is 1.52. The largest absolute Gasteiger partial charge is 0.370 e. The molecule has 0 radical (unpaired) electrons. The number of likely N-dealkylation sites (tertiary alicyclic amines) is 1. The Morgan fingerprint density at radius 3 is 2.83 bits per heavy atom. The number of rotatable bonds is 6. The zero-order valence-corrected chi connectivity index (χ0v) is 13.3. The van der Waals surface area contributed by atoms with Crippen molar-refractivity contribution in [2.45, 2.75) is 12.8 Å². The number of anilines is 1. The maximum atomic E-state index is 8.78. The summed E-state index contributed by atoms with van der Waals surface area (Å²) in [5.41, 5.74) is 2.01. The van der Waals surface area contributed by atoms with Gasteiger partial charge in [-0.05, 0) is 43.0 Å². The molecule has 0 saturated carbocycles. The van der Waals surface area contributed by atoms with Gasteiger partial charge in [-0.2, -0.15) is 5.26 Å². The SMILES string of the molecule is N#Cc1ccc(NCC2CCN(CCc3ccccc3)C2)nc1. The highest BCUT2D eigenvalue weighted by molar-refractivity contribution is 5.38. The molecule has 1 unspecified atom stereocenters. The first-order valence-electron chi connectivity index (χ1n) is 8.20. The molecular weight excluding hydrogens is 284 g/mol. The second kappa shape index (κ2) is 7.75. The van der Waals surface area contributed by atoms with Gasteiger partial charge in [0.2, 0.25) is 0 Å². The Bertz CT molecular complexity index is 645. The standard InChI is InChI=1S/C19H22N4/c20-12-17-6-7-19(21-13-17)22-14-18-9-11-23(15-18)10-8-16-4-2-1-3-5-16/h1-7,13,18H,8-11,14-15H2,(H,21,22). The van der Waals surface area contributed by atoms with Crippen LogP contribution in [0.2, 0.25) is 0 Å². The number of hydrogen-bond acceptors (Lipinski definition) is 4. The number of aromatic nitrogens is 1.